The molecule has 0 spiro atoms. The summed E-state index contributed by atoms with van der Waals surface area (Å²) in [4.78, 5) is 29.3. The summed E-state index contributed by atoms with van der Waals surface area (Å²) in [6, 6.07) is 12.9. The number of Topliss-reactive ketones (excluding diaryl/α,β-unsaturated/α-hetero) is 1. The van der Waals surface area contributed by atoms with Gasteiger partial charge in [-0.05, 0) is 56.1 Å². The quantitative estimate of drug-likeness (QED) is 0.292. The van der Waals surface area contributed by atoms with Crippen molar-refractivity contribution in [2.75, 3.05) is 33.8 Å². The van der Waals surface area contributed by atoms with Crippen molar-refractivity contribution in [2.45, 2.75) is 6.04 Å². The van der Waals surface area contributed by atoms with Crippen molar-refractivity contribution in [1.82, 2.24) is 9.80 Å². The van der Waals surface area contributed by atoms with E-state index in [9.17, 15) is 14.7 Å². The van der Waals surface area contributed by atoms with Gasteiger partial charge in [-0.2, -0.15) is 0 Å². The fraction of sp³-hybridized carbons (Fsp3) is 0.250. The van der Waals surface area contributed by atoms with Crippen molar-refractivity contribution >= 4 is 29.1 Å². The molecule has 0 aromatic heterocycles. The molecule has 1 heterocycles. The molecule has 1 atom stereocenters. The number of hydrogen-bond acceptors (Lipinski definition) is 5. The largest absolute Gasteiger partial charge is 0.507 e. The number of benzene rings is 2. The van der Waals surface area contributed by atoms with Crippen molar-refractivity contribution in [3.63, 3.8) is 0 Å². The molecule has 1 saturated heterocycles. The zero-order chi connectivity index (χ0) is 22.5. The van der Waals surface area contributed by atoms with Gasteiger partial charge in [0.1, 0.15) is 18.1 Å². The molecule has 1 fully saturated rings. The lowest BCUT2D eigenvalue weighted by molar-refractivity contribution is -0.140. The number of likely N-dealkylation sites (tertiary alicyclic amines) is 1. The third kappa shape index (κ3) is 4.98. The fourth-order valence-corrected chi connectivity index (χ4v) is 3.58. The summed E-state index contributed by atoms with van der Waals surface area (Å²) in [7, 11) is 3.78. The average Bonchev–Trinajstić information content (AvgIpc) is 3.01. The van der Waals surface area contributed by atoms with Crippen LogP contribution in [0.3, 0.4) is 0 Å². The lowest BCUT2D eigenvalue weighted by Gasteiger charge is -2.26. The molecule has 2 aromatic rings. The first-order valence-electron chi connectivity index (χ1n) is 9.86. The molecule has 0 aliphatic carbocycles. The van der Waals surface area contributed by atoms with Gasteiger partial charge in [-0.1, -0.05) is 36.4 Å². The Morgan fingerprint density at radius 3 is 2.58 bits per heavy atom. The number of nitrogens with zero attached hydrogens (tertiary/aromatic N) is 2. The van der Waals surface area contributed by atoms with Gasteiger partial charge >= 0.3 is 0 Å². The Hall–Kier alpha value is -3.09. The number of amides is 1. The molecule has 2 aromatic carbocycles. The molecule has 0 unspecified atom stereocenters. The molecule has 1 N–H and O–H groups in total. The summed E-state index contributed by atoms with van der Waals surface area (Å²) in [6.45, 7) is 4.87. The standard InChI is InChI=1S/C24H25ClN2O4/c1-4-14-31-19-7-5-6-17(15-19)21-20(22(28)16-8-10-18(25)11-9-16)23(29)24(30)27(21)13-12-26(2)3/h4-11,15,21,28H,1,12-14H2,2-3H3/t21-/m1/s1. The minimum atomic E-state index is -0.733. The van der Waals surface area contributed by atoms with Gasteiger partial charge in [0.05, 0.1) is 11.6 Å². The van der Waals surface area contributed by atoms with Crippen LogP contribution in [-0.2, 0) is 9.59 Å². The first-order valence-corrected chi connectivity index (χ1v) is 10.2. The Labute approximate surface area is 187 Å². The van der Waals surface area contributed by atoms with Crippen molar-refractivity contribution in [3.05, 3.63) is 82.9 Å². The SMILES string of the molecule is C=CCOc1cccc([C@@H]2C(=C(O)c3ccc(Cl)cc3)C(=O)C(=O)N2CCN(C)C)c1. The van der Waals surface area contributed by atoms with Gasteiger partial charge in [0, 0.05) is 23.7 Å². The van der Waals surface area contributed by atoms with E-state index in [0.29, 0.717) is 41.6 Å². The molecular formula is C24H25ClN2O4. The summed E-state index contributed by atoms with van der Waals surface area (Å²) >= 11 is 5.95. The van der Waals surface area contributed by atoms with Gasteiger partial charge in [-0.3, -0.25) is 9.59 Å². The van der Waals surface area contributed by atoms with Crippen molar-refractivity contribution in [3.8, 4) is 5.75 Å². The van der Waals surface area contributed by atoms with Crippen LogP contribution in [0.5, 0.6) is 5.75 Å². The number of carbonyl (C=O) groups is 2. The number of ketones is 1. The number of halogens is 1. The monoisotopic (exact) mass is 440 g/mol. The van der Waals surface area contributed by atoms with Crippen LogP contribution in [0, 0.1) is 0 Å². The second-order valence-corrected chi connectivity index (χ2v) is 7.91. The molecule has 1 aliphatic heterocycles. The summed E-state index contributed by atoms with van der Waals surface area (Å²) in [5.74, 6) is -1.000. The second kappa shape index (κ2) is 9.81. The second-order valence-electron chi connectivity index (χ2n) is 7.47. The average molecular weight is 441 g/mol. The minimum absolute atomic E-state index is 0.0481. The van der Waals surface area contributed by atoms with E-state index in [1.54, 1.807) is 48.5 Å². The summed E-state index contributed by atoms with van der Waals surface area (Å²) in [6.07, 6.45) is 1.64. The maximum Gasteiger partial charge on any atom is 0.295 e. The van der Waals surface area contributed by atoms with Crippen molar-refractivity contribution in [2.24, 2.45) is 0 Å². The van der Waals surface area contributed by atoms with Crippen LogP contribution < -0.4 is 4.74 Å². The third-order valence-electron chi connectivity index (χ3n) is 4.99. The number of hydrogen-bond donors (Lipinski definition) is 1. The van der Waals surface area contributed by atoms with E-state index in [1.807, 2.05) is 25.1 Å². The van der Waals surface area contributed by atoms with E-state index >= 15 is 0 Å². The number of likely N-dealkylation sites (N-methyl/N-ethyl adjacent to an activating group) is 1. The number of aliphatic hydroxyl groups is 1. The Morgan fingerprint density at radius 2 is 1.94 bits per heavy atom. The lowest BCUT2D eigenvalue weighted by atomic mass is 9.95. The summed E-state index contributed by atoms with van der Waals surface area (Å²) in [5, 5.41) is 11.5. The predicted octanol–water partition coefficient (Wildman–Crippen LogP) is 3.89. The van der Waals surface area contributed by atoms with Gasteiger partial charge < -0.3 is 19.6 Å². The first-order chi connectivity index (χ1) is 14.8. The van der Waals surface area contributed by atoms with Crippen LogP contribution in [0.15, 0.2) is 66.8 Å². The first kappa shape index (κ1) is 22.6. The van der Waals surface area contributed by atoms with E-state index < -0.39 is 17.7 Å². The maximum atomic E-state index is 13.0. The minimum Gasteiger partial charge on any atom is -0.507 e. The van der Waals surface area contributed by atoms with Crippen LogP contribution in [-0.4, -0.2) is 60.4 Å². The van der Waals surface area contributed by atoms with Gasteiger partial charge in [0.25, 0.3) is 11.7 Å². The molecule has 7 heteroatoms. The number of ether oxygens (including phenoxy) is 1. The van der Waals surface area contributed by atoms with Crippen molar-refractivity contribution in [1.29, 1.82) is 0 Å². The van der Waals surface area contributed by atoms with Crippen LogP contribution in [0.4, 0.5) is 0 Å². The van der Waals surface area contributed by atoms with Crippen molar-refractivity contribution < 1.29 is 19.4 Å². The Balaban J connectivity index is 2.12. The molecule has 1 aliphatic rings. The van der Waals surface area contributed by atoms with Gasteiger partial charge in [-0.25, -0.2) is 0 Å². The number of rotatable bonds is 8. The number of aliphatic hydroxyl groups excluding tert-OH is 1. The van der Waals surface area contributed by atoms with E-state index in [1.165, 1.54) is 4.90 Å². The summed E-state index contributed by atoms with van der Waals surface area (Å²) in [5.41, 5.74) is 1.14. The molecule has 0 saturated carbocycles. The Kier molecular flexibility index (Phi) is 7.15. The normalized spacial score (nSPS) is 17.9. The van der Waals surface area contributed by atoms with E-state index in [4.69, 9.17) is 16.3 Å². The van der Waals surface area contributed by atoms with E-state index in [-0.39, 0.29) is 11.3 Å². The molecule has 162 valence electrons. The maximum absolute atomic E-state index is 13.0. The smallest absolute Gasteiger partial charge is 0.295 e. The zero-order valence-corrected chi connectivity index (χ0v) is 18.3. The molecule has 6 nitrogen and oxygen atoms in total. The van der Waals surface area contributed by atoms with E-state index in [0.717, 1.165) is 0 Å². The van der Waals surface area contributed by atoms with Gasteiger partial charge in [0.15, 0.2) is 0 Å². The van der Waals surface area contributed by atoms with Crippen LogP contribution in [0.25, 0.3) is 5.76 Å². The third-order valence-corrected chi connectivity index (χ3v) is 5.24. The molecule has 3 rings (SSSR count). The highest BCUT2D eigenvalue weighted by Gasteiger charge is 2.46. The Bertz CT molecular complexity index is 1010. The fourth-order valence-electron chi connectivity index (χ4n) is 3.46. The highest BCUT2D eigenvalue weighted by molar-refractivity contribution is 6.46. The zero-order valence-electron chi connectivity index (χ0n) is 17.5. The van der Waals surface area contributed by atoms with Gasteiger partial charge in [-0.15, -0.1) is 0 Å². The van der Waals surface area contributed by atoms with Crippen LogP contribution >= 0.6 is 11.6 Å². The highest BCUT2D eigenvalue weighted by atomic mass is 35.5. The van der Waals surface area contributed by atoms with Gasteiger partial charge in [0.2, 0.25) is 0 Å². The Morgan fingerprint density at radius 1 is 1.23 bits per heavy atom. The molecule has 0 radical (unpaired) electrons. The molecule has 0 bridgehead atoms. The molecule has 31 heavy (non-hydrogen) atoms. The predicted molar refractivity (Wildman–Crippen MR) is 121 cm³/mol. The number of carbonyl (C=O) groups excluding carboxylic acids is 2. The van der Waals surface area contributed by atoms with Crippen LogP contribution in [0.1, 0.15) is 17.2 Å². The molecular weight excluding hydrogens is 416 g/mol. The highest BCUT2D eigenvalue weighted by Crippen LogP contribution is 2.40. The lowest BCUT2D eigenvalue weighted by Crippen LogP contribution is -2.35. The van der Waals surface area contributed by atoms with Crippen LogP contribution in [0.2, 0.25) is 5.02 Å². The molecule has 1 amide bonds. The topological polar surface area (TPSA) is 70.1 Å². The van der Waals surface area contributed by atoms with E-state index in [2.05, 4.69) is 6.58 Å². The summed E-state index contributed by atoms with van der Waals surface area (Å²) < 4.78 is 5.63.